The van der Waals surface area contributed by atoms with Gasteiger partial charge in [0.15, 0.2) is 0 Å². The lowest BCUT2D eigenvalue weighted by Crippen LogP contribution is -2.34. The van der Waals surface area contributed by atoms with Crippen molar-refractivity contribution in [2.75, 3.05) is 18.5 Å². The molecule has 3 amide bonds. The molecule has 0 aliphatic carbocycles. The number of alkyl carbamates (subject to hydrolysis) is 1. The van der Waals surface area contributed by atoms with Gasteiger partial charge in [-0.3, -0.25) is 9.59 Å². The van der Waals surface area contributed by atoms with E-state index in [1.807, 2.05) is 12.1 Å². The molecule has 0 bridgehead atoms. The lowest BCUT2D eigenvalue weighted by atomic mass is 10.1. The Labute approximate surface area is 165 Å². The first-order valence-electron chi connectivity index (χ1n) is 9.48. The van der Waals surface area contributed by atoms with E-state index in [4.69, 9.17) is 9.47 Å². The Hall–Kier alpha value is -2.61. The third-order valence-corrected chi connectivity index (χ3v) is 3.99. The molecular weight excluding hydrogens is 362 g/mol. The van der Waals surface area contributed by atoms with E-state index < -0.39 is 11.7 Å². The summed E-state index contributed by atoms with van der Waals surface area (Å²) in [6.45, 7) is 6.39. The summed E-state index contributed by atoms with van der Waals surface area (Å²) in [5, 5.41) is 8.21. The van der Waals surface area contributed by atoms with Gasteiger partial charge in [0.05, 0.1) is 0 Å². The number of anilines is 1. The van der Waals surface area contributed by atoms with Gasteiger partial charge in [-0.2, -0.15) is 0 Å². The Morgan fingerprint density at radius 2 is 1.93 bits per heavy atom. The summed E-state index contributed by atoms with van der Waals surface area (Å²) in [7, 11) is 0. The highest BCUT2D eigenvalue weighted by Gasteiger charge is 2.23. The summed E-state index contributed by atoms with van der Waals surface area (Å²) in [6.07, 6.45) is 0.783. The quantitative estimate of drug-likeness (QED) is 0.662. The van der Waals surface area contributed by atoms with Crippen LogP contribution >= 0.6 is 0 Å². The Kier molecular flexibility index (Phi) is 7.80. The zero-order valence-electron chi connectivity index (χ0n) is 16.7. The molecule has 0 saturated carbocycles. The van der Waals surface area contributed by atoms with Gasteiger partial charge >= 0.3 is 6.09 Å². The molecular formula is C20H29N3O5. The number of ether oxygens (including phenoxy) is 2. The number of carbonyl (C=O) groups is 3. The highest BCUT2D eigenvalue weighted by atomic mass is 16.6. The van der Waals surface area contributed by atoms with Crippen LogP contribution < -0.4 is 16.0 Å². The van der Waals surface area contributed by atoms with Crippen LogP contribution in [0.2, 0.25) is 0 Å². The average molecular weight is 391 g/mol. The first-order valence-corrected chi connectivity index (χ1v) is 9.48. The molecule has 1 unspecified atom stereocenters. The van der Waals surface area contributed by atoms with Crippen LogP contribution in [0.4, 0.5) is 10.5 Å². The molecule has 2 rings (SSSR count). The zero-order chi connectivity index (χ0) is 20.6. The molecule has 1 aromatic carbocycles. The predicted molar refractivity (Wildman–Crippen MR) is 105 cm³/mol. The summed E-state index contributed by atoms with van der Waals surface area (Å²) < 4.78 is 10.5. The molecule has 0 radical (unpaired) electrons. The first kappa shape index (κ1) is 21.7. The standard InChI is InChI=1S/C20H29N3O5/c1-20(2,3)28-19(26)21-11-10-17(24)23-15-8-5-4-7-14(15)13-22-18(25)16-9-6-12-27-16/h4-5,7-8,16H,6,9-13H2,1-3H3,(H,21,26)(H,22,25)(H,23,24). The second-order valence-corrected chi connectivity index (χ2v) is 7.60. The molecule has 1 aromatic rings. The SMILES string of the molecule is CC(C)(C)OC(=O)NCCC(=O)Nc1ccccc1CNC(=O)C1CCCO1. The molecule has 1 saturated heterocycles. The number of hydrogen-bond acceptors (Lipinski definition) is 5. The largest absolute Gasteiger partial charge is 0.444 e. The van der Waals surface area contributed by atoms with Crippen molar-refractivity contribution in [2.45, 2.75) is 58.3 Å². The minimum atomic E-state index is -0.584. The van der Waals surface area contributed by atoms with Crippen molar-refractivity contribution in [2.24, 2.45) is 0 Å². The van der Waals surface area contributed by atoms with Crippen LogP contribution in [0.1, 0.15) is 45.6 Å². The summed E-state index contributed by atoms with van der Waals surface area (Å²) in [6, 6.07) is 7.25. The van der Waals surface area contributed by atoms with Gasteiger partial charge in [-0.1, -0.05) is 18.2 Å². The number of nitrogens with one attached hydrogen (secondary N) is 3. The maximum Gasteiger partial charge on any atom is 0.407 e. The summed E-state index contributed by atoms with van der Waals surface area (Å²) in [5.74, 6) is -0.380. The number of amides is 3. The number of carbonyl (C=O) groups excluding carboxylic acids is 3. The lowest BCUT2D eigenvalue weighted by molar-refractivity contribution is -0.130. The smallest absolute Gasteiger partial charge is 0.407 e. The van der Waals surface area contributed by atoms with Crippen molar-refractivity contribution in [1.82, 2.24) is 10.6 Å². The number of benzene rings is 1. The average Bonchev–Trinajstić information content (AvgIpc) is 3.14. The third-order valence-electron chi connectivity index (χ3n) is 3.99. The van der Waals surface area contributed by atoms with Crippen LogP contribution in [-0.4, -0.2) is 42.8 Å². The highest BCUT2D eigenvalue weighted by molar-refractivity contribution is 5.92. The molecule has 8 nitrogen and oxygen atoms in total. The van der Waals surface area contributed by atoms with E-state index in [0.29, 0.717) is 18.8 Å². The Morgan fingerprint density at radius 3 is 2.61 bits per heavy atom. The van der Waals surface area contributed by atoms with E-state index in [9.17, 15) is 14.4 Å². The van der Waals surface area contributed by atoms with Crippen molar-refractivity contribution in [3.05, 3.63) is 29.8 Å². The zero-order valence-corrected chi connectivity index (χ0v) is 16.7. The molecule has 28 heavy (non-hydrogen) atoms. The maximum atomic E-state index is 12.2. The van der Waals surface area contributed by atoms with Crippen LogP contribution in [0, 0.1) is 0 Å². The second-order valence-electron chi connectivity index (χ2n) is 7.60. The molecule has 1 fully saturated rings. The van der Waals surface area contributed by atoms with Crippen LogP contribution in [0.5, 0.6) is 0 Å². The van der Waals surface area contributed by atoms with E-state index in [0.717, 1.165) is 18.4 Å². The molecule has 1 aliphatic rings. The molecule has 1 atom stereocenters. The van der Waals surface area contributed by atoms with Gasteiger partial charge < -0.3 is 25.4 Å². The molecule has 8 heteroatoms. The van der Waals surface area contributed by atoms with Gasteiger partial charge in [-0.15, -0.1) is 0 Å². The van der Waals surface area contributed by atoms with E-state index in [1.54, 1.807) is 32.9 Å². The number of para-hydroxylation sites is 1. The highest BCUT2D eigenvalue weighted by Crippen LogP contribution is 2.16. The van der Waals surface area contributed by atoms with Crippen molar-refractivity contribution in [3.63, 3.8) is 0 Å². The predicted octanol–water partition coefficient (Wildman–Crippen LogP) is 2.34. The normalized spacial score (nSPS) is 16.3. The minimum Gasteiger partial charge on any atom is -0.444 e. The van der Waals surface area contributed by atoms with E-state index in [2.05, 4.69) is 16.0 Å². The third kappa shape index (κ3) is 7.56. The van der Waals surface area contributed by atoms with Gasteiger partial charge in [0.25, 0.3) is 0 Å². The Bertz CT molecular complexity index is 693. The van der Waals surface area contributed by atoms with Crippen molar-refractivity contribution >= 4 is 23.6 Å². The van der Waals surface area contributed by atoms with Crippen molar-refractivity contribution < 1.29 is 23.9 Å². The fraction of sp³-hybridized carbons (Fsp3) is 0.550. The molecule has 154 valence electrons. The number of rotatable bonds is 7. The van der Waals surface area contributed by atoms with Gasteiger partial charge in [-0.25, -0.2) is 4.79 Å². The summed E-state index contributed by atoms with van der Waals surface area (Å²) in [4.78, 5) is 35.8. The molecule has 3 N–H and O–H groups in total. The van der Waals surface area contributed by atoms with Gasteiger partial charge in [0.1, 0.15) is 11.7 Å². The van der Waals surface area contributed by atoms with Gasteiger partial charge in [-0.05, 0) is 45.2 Å². The van der Waals surface area contributed by atoms with Crippen LogP contribution in [-0.2, 0) is 25.6 Å². The summed E-state index contributed by atoms with van der Waals surface area (Å²) in [5.41, 5.74) is 0.832. The topological polar surface area (TPSA) is 106 Å². The van der Waals surface area contributed by atoms with Crippen molar-refractivity contribution in [1.29, 1.82) is 0 Å². The Balaban J connectivity index is 1.79. The maximum absolute atomic E-state index is 12.2. The first-order chi connectivity index (χ1) is 13.2. The minimum absolute atomic E-state index is 0.107. The number of hydrogen-bond donors (Lipinski definition) is 3. The molecule has 0 spiro atoms. The van der Waals surface area contributed by atoms with Gasteiger partial charge in [0, 0.05) is 31.8 Å². The molecule has 1 heterocycles. The van der Waals surface area contributed by atoms with E-state index in [1.165, 1.54) is 0 Å². The second kappa shape index (κ2) is 10.1. The fourth-order valence-electron chi connectivity index (χ4n) is 2.68. The van der Waals surface area contributed by atoms with Crippen LogP contribution in [0.15, 0.2) is 24.3 Å². The van der Waals surface area contributed by atoms with Gasteiger partial charge in [0.2, 0.25) is 11.8 Å². The van der Waals surface area contributed by atoms with Crippen LogP contribution in [0.25, 0.3) is 0 Å². The Morgan fingerprint density at radius 1 is 1.18 bits per heavy atom. The molecule has 1 aliphatic heterocycles. The van der Waals surface area contributed by atoms with Crippen LogP contribution in [0.3, 0.4) is 0 Å². The molecule has 0 aromatic heterocycles. The van der Waals surface area contributed by atoms with E-state index >= 15 is 0 Å². The monoisotopic (exact) mass is 391 g/mol. The fourth-order valence-corrected chi connectivity index (χ4v) is 2.68. The summed E-state index contributed by atoms with van der Waals surface area (Å²) >= 11 is 0. The lowest BCUT2D eigenvalue weighted by Gasteiger charge is -2.19. The van der Waals surface area contributed by atoms with E-state index in [-0.39, 0.29) is 30.9 Å². The van der Waals surface area contributed by atoms with Crippen molar-refractivity contribution in [3.8, 4) is 0 Å².